The standard InChI is InChI=1S/C14H21ClN2/c1-3-14(4-2)8-9-17(10-14)12-7-5-6-11(15)13(12)16/h5-7H,3-4,8-10,16H2,1-2H3. The molecule has 0 saturated carbocycles. The van der Waals surface area contributed by atoms with Crippen LogP contribution in [0.2, 0.25) is 5.02 Å². The third-order valence-electron chi connectivity index (χ3n) is 4.31. The topological polar surface area (TPSA) is 29.3 Å². The van der Waals surface area contributed by atoms with E-state index >= 15 is 0 Å². The van der Waals surface area contributed by atoms with E-state index in [2.05, 4.69) is 24.8 Å². The number of anilines is 2. The second-order valence-corrected chi connectivity index (χ2v) is 5.46. The van der Waals surface area contributed by atoms with Gasteiger partial charge in [0.2, 0.25) is 0 Å². The predicted molar refractivity (Wildman–Crippen MR) is 75.7 cm³/mol. The first-order valence-corrected chi connectivity index (χ1v) is 6.78. The quantitative estimate of drug-likeness (QED) is 0.826. The monoisotopic (exact) mass is 252 g/mol. The SMILES string of the molecule is CCC1(CC)CCN(c2cccc(Cl)c2N)C1. The maximum Gasteiger partial charge on any atom is 0.0741 e. The van der Waals surface area contributed by atoms with Crippen LogP contribution in [0.3, 0.4) is 0 Å². The fourth-order valence-electron chi connectivity index (χ4n) is 2.77. The normalized spacial score (nSPS) is 18.6. The van der Waals surface area contributed by atoms with Crippen LogP contribution in [0.15, 0.2) is 18.2 Å². The second-order valence-electron chi connectivity index (χ2n) is 5.05. The number of nitrogens with zero attached hydrogens (tertiary/aromatic N) is 1. The van der Waals surface area contributed by atoms with E-state index in [0.717, 1.165) is 24.5 Å². The Bertz CT molecular complexity index is 399. The minimum absolute atomic E-state index is 0.467. The van der Waals surface area contributed by atoms with Gasteiger partial charge in [-0.15, -0.1) is 0 Å². The molecule has 2 rings (SSSR count). The smallest absolute Gasteiger partial charge is 0.0741 e. The van der Waals surface area contributed by atoms with E-state index in [1.807, 2.05) is 12.1 Å². The summed E-state index contributed by atoms with van der Waals surface area (Å²) in [7, 11) is 0. The van der Waals surface area contributed by atoms with Gasteiger partial charge in [-0.3, -0.25) is 0 Å². The van der Waals surface area contributed by atoms with Crippen molar-refractivity contribution in [3.63, 3.8) is 0 Å². The van der Waals surface area contributed by atoms with E-state index in [-0.39, 0.29) is 0 Å². The van der Waals surface area contributed by atoms with E-state index in [9.17, 15) is 0 Å². The van der Waals surface area contributed by atoms with Gasteiger partial charge in [-0.1, -0.05) is 31.5 Å². The highest BCUT2D eigenvalue weighted by molar-refractivity contribution is 6.33. The Hall–Kier alpha value is -0.890. The lowest BCUT2D eigenvalue weighted by atomic mass is 9.82. The molecule has 1 heterocycles. The van der Waals surface area contributed by atoms with Gasteiger partial charge in [-0.05, 0) is 36.8 Å². The van der Waals surface area contributed by atoms with Crippen molar-refractivity contribution in [2.45, 2.75) is 33.1 Å². The highest BCUT2D eigenvalue weighted by Gasteiger charge is 2.35. The van der Waals surface area contributed by atoms with Gasteiger partial charge < -0.3 is 10.6 Å². The molecule has 2 N–H and O–H groups in total. The first-order valence-electron chi connectivity index (χ1n) is 6.41. The van der Waals surface area contributed by atoms with Gasteiger partial charge in [0.15, 0.2) is 0 Å². The Morgan fingerprint density at radius 1 is 1.35 bits per heavy atom. The summed E-state index contributed by atoms with van der Waals surface area (Å²) in [5.74, 6) is 0. The number of para-hydroxylation sites is 1. The molecule has 0 aliphatic carbocycles. The van der Waals surface area contributed by atoms with Crippen LogP contribution in [-0.4, -0.2) is 13.1 Å². The predicted octanol–water partition coefficient (Wildman–Crippen LogP) is 3.94. The molecule has 0 unspecified atom stereocenters. The molecule has 0 atom stereocenters. The number of hydrogen-bond donors (Lipinski definition) is 1. The summed E-state index contributed by atoms with van der Waals surface area (Å²) in [6, 6.07) is 5.90. The van der Waals surface area contributed by atoms with Crippen molar-refractivity contribution in [3.8, 4) is 0 Å². The van der Waals surface area contributed by atoms with Crippen LogP contribution in [0, 0.1) is 5.41 Å². The van der Waals surface area contributed by atoms with Gasteiger partial charge in [-0.25, -0.2) is 0 Å². The third kappa shape index (κ3) is 2.23. The highest BCUT2D eigenvalue weighted by Crippen LogP contribution is 2.41. The number of hydrogen-bond acceptors (Lipinski definition) is 2. The zero-order chi connectivity index (χ0) is 12.5. The van der Waals surface area contributed by atoms with Crippen LogP contribution < -0.4 is 10.6 Å². The molecule has 1 aromatic carbocycles. The Morgan fingerprint density at radius 3 is 2.65 bits per heavy atom. The summed E-state index contributed by atoms with van der Waals surface area (Å²) < 4.78 is 0. The fraction of sp³-hybridized carbons (Fsp3) is 0.571. The fourth-order valence-corrected chi connectivity index (χ4v) is 2.94. The maximum atomic E-state index is 6.08. The van der Waals surface area contributed by atoms with Gasteiger partial charge in [0.1, 0.15) is 0 Å². The molecule has 0 aromatic heterocycles. The largest absolute Gasteiger partial charge is 0.396 e. The van der Waals surface area contributed by atoms with E-state index in [0.29, 0.717) is 10.4 Å². The van der Waals surface area contributed by atoms with Crippen molar-refractivity contribution in [3.05, 3.63) is 23.2 Å². The lowest BCUT2D eigenvalue weighted by molar-refractivity contribution is 0.301. The number of nitrogen functional groups attached to an aromatic ring is 1. The van der Waals surface area contributed by atoms with Gasteiger partial charge in [0.25, 0.3) is 0 Å². The molecule has 3 heteroatoms. The molecule has 1 fully saturated rings. The maximum absolute atomic E-state index is 6.08. The summed E-state index contributed by atoms with van der Waals surface area (Å²) in [6.07, 6.45) is 3.73. The van der Waals surface area contributed by atoms with E-state index in [1.165, 1.54) is 19.3 Å². The Labute approximate surface area is 109 Å². The number of rotatable bonds is 3. The van der Waals surface area contributed by atoms with Crippen LogP contribution in [0.5, 0.6) is 0 Å². The molecule has 1 saturated heterocycles. The Morgan fingerprint density at radius 2 is 2.06 bits per heavy atom. The second kappa shape index (κ2) is 4.77. The third-order valence-corrected chi connectivity index (χ3v) is 4.64. The van der Waals surface area contributed by atoms with Crippen molar-refractivity contribution in [1.29, 1.82) is 0 Å². The molecule has 0 spiro atoms. The molecule has 17 heavy (non-hydrogen) atoms. The van der Waals surface area contributed by atoms with E-state index in [4.69, 9.17) is 17.3 Å². The molecule has 0 radical (unpaired) electrons. The van der Waals surface area contributed by atoms with Crippen LogP contribution in [0.25, 0.3) is 0 Å². The summed E-state index contributed by atoms with van der Waals surface area (Å²) >= 11 is 6.08. The van der Waals surface area contributed by atoms with E-state index in [1.54, 1.807) is 0 Å². The molecule has 94 valence electrons. The molecular weight excluding hydrogens is 232 g/mol. The first kappa shape index (κ1) is 12.6. The van der Waals surface area contributed by atoms with Crippen LogP contribution in [0.4, 0.5) is 11.4 Å². The van der Waals surface area contributed by atoms with Gasteiger partial charge in [0.05, 0.1) is 16.4 Å². The molecule has 2 nitrogen and oxygen atoms in total. The van der Waals surface area contributed by atoms with Crippen LogP contribution >= 0.6 is 11.6 Å². The van der Waals surface area contributed by atoms with Crippen molar-refractivity contribution in [1.82, 2.24) is 0 Å². The first-order chi connectivity index (χ1) is 8.12. The number of benzene rings is 1. The van der Waals surface area contributed by atoms with Gasteiger partial charge in [-0.2, -0.15) is 0 Å². The molecule has 0 amide bonds. The molecular formula is C14H21ClN2. The average Bonchev–Trinajstić information content (AvgIpc) is 2.78. The number of halogens is 1. The molecule has 1 aliphatic heterocycles. The Kier molecular flexibility index (Phi) is 3.53. The van der Waals surface area contributed by atoms with Gasteiger partial charge in [0, 0.05) is 13.1 Å². The molecule has 1 aromatic rings. The minimum atomic E-state index is 0.467. The Balaban J connectivity index is 2.23. The zero-order valence-electron chi connectivity index (χ0n) is 10.7. The lowest BCUT2D eigenvalue weighted by Crippen LogP contribution is -2.26. The highest BCUT2D eigenvalue weighted by atomic mass is 35.5. The van der Waals surface area contributed by atoms with Crippen LogP contribution in [0.1, 0.15) is 33.1 Å². The van der Waals surface area contributed by atoms with Crippen LogP contribution in [-0.2, 0) is 0 Å². The summed E-state index contributed by atoms with van der Waals surface area (Å²) in [5.41, 5.74) is 8.35. The summed E-state index contributed by atoms with van der Waals surface area (Å²) in [4.78, 5) is 2.38. The van der Waals surface area contributed by atoms with Crippen molar-refractivity contribution in [2.75, 3.05) is 23.7 Å². The minimum Gasteiger partial charge on any atom is -0.396 e. The zero-order valence-corrected chi connectivity index (χ0v) is 11.4. The van der Waals surface area contributed by atoms with Crippen molar-refractivity contribution in [2.24, 2.45) is 5.41 Å². The molecule has 1 aliphatic rings. The number of nitrogens with two attached hydrogens (primary N) is 1. The average molecular weight is 253 g/mol. The van der Waals surface area contributed by atoms with Crippen molar-refractivity contribution < 1.29 is 0 Å². The molecule has 0 bridgehead atoms. The summed E-state index contributed by atoms with van der Waals surface area (Å²) in [5, 5.41) is 0.660. The lowest BCUT2D eigenvalue weighted by Gasteiger charge is -2.27. The summed E-state index contributed by atoms with van der Waals surface area (Å²) in [6.45, 7) is 6.76. The van der Waals surface area contributed by atoms with E-state index < -0.39 is 0 Å². The van der Waals surface area contributed by atoms with Crippen molar-refractivity contribution >= 4 is 23.0 Å². The van der Waals surface area contributed by atoms with Gasteiger partial charge >= 0.3 is 0 Å².